The molecule has 1 aromatic carbocycles. The molecule has 3 heterocycles. The first-order chi connectivity index (χ1) is 13.6. The zero-order valence-corrected chi connectivity index (χ0v) is 16.8. The van der Waals surface area contributed by atoms with Gasteiger partial charge in [0.15, 0.2) is 5.82 Å². The average Bonchev–Trinajstić information content (AvgIpc) is 3.35. The van der Waals surface area contributed by atoms with Crippen LogP contribution in [0.15, 0.2) is 24.5 Å². The summed E-state index contributed by atoms with van der Waals surface area (Å²) >= 11 is 13.9. The number of nitrogens with one attached hydrogen (secondary N) is 1. The molecule has 3 aromatic rings. The van der Waals surface area contributed by atoms with E-state index in [2.05, 4.69) is 21.3 Å². The van der Waals surface area contributed by atoms with Gasteiger partial charge in [0, 0.05) is 34.3 Å². The van der Waals surface area contributed by atoms with Crippen molar-refractivity contribution in [2.24, 2.45) is 0 Å². The van der Waals surface area contributed by atoms with E-state index in [4.69, 9.17) is 27.9 Å². The molecule has 1 saturated heterocycles. The molecule has 6 nitrogen and oxygen atoms in total. The molecule has 0 unspecified atom stereocenters. The number of thiophene rings is 1. The van der Waals surface area contributed by atoms with Crippen molar-refractivity contribution in [3.8, 4) is 27.9 Å². The third-order valence-electron chi connectivity index (χ3n) is 4.43. The molecular weight excluding hydrogens is 424 g/mol. The largest absolute Gasteiger partial charge is 0.372 e. The number of aromatic nitrogens is 3. The summed E-state index contributed by atoms with van der Waals surface area (Å²) in [7, 11) is 0. The fourth-order valence-electron chi connectivity index (χ4n) is 3.18. The maximum absolute atomic E-state index is 13.1. The fourth-order valence-corrected chi connectivity index (χ4v) is 4.93. The molecule has 0 spiro atoms. The van der Waals surface area contributed by atoms with Crippen molar-refractivity contribution in [2.45, 2.75) is 6.10 Å². The summed E-state index contributed by atoms with van der Waals surface area (Å²) < 4.78 is 18.6. The van der Waals surface area contributed by atoms with E-state index >= 15 is 0 Å². The van der Waals surface area contributed by atoms with Crippen LogP contribution in [0.1, 0.15) is 5.56 Å². The molecule has 0 bridgehead atoms. The van der Waals surface area contributed by atoms with Crippen molar-refractivity contribution in [1.82, 2.24) is 15.2 Å². The molecule has 0 aliphatic carbocycles. The third-order valence-corrected chi connectivity index (χ3v) is 6.24. The number of benzene rings is 1. The average molecular weight is 438 g/mol. The first-order valence-corrected chi connectivity index (χ1v) is 10.0. The number of rotatable bonds is 4. The second-order valence-corrected chi connectivity index (χ2v) is 8.00. The molecule has 0 amide bonds. The molecule has 1 aliphatic heterocycles. The number of hydrogen-bond donors (Lipinski definition) is 1. The molecule has 144 valence electrons. The summed E-state index contributed by atoms with van der Waals surface area (Å²) in [5, 5.41) is 19.6. The Labute approximate surface area is 174 Å². The van der Waals surface area contributed by atoms with E-state index in [1.54, 1.807) is 18.2 Å². The molecule has 0 radical (unpaired) electrons. The van der Waals surface area contributed by atoms with Crippen LogP contribution in [0.2, 0.25) is 10.0 Å². The molecule has 2 aromatic heterocycles. The van der Waals surface area contributed by atoms with Gasteiger partial charge in [0.1, 0.15) is 30.2 Å². The van der Waals surface area contributed by atoms with Crippen LogP contribution < -0.4 is 4.90 Å². The van der Waals surface area contributed by atoms with Crippen LogP contribution in [0.25, 0.3) is 21.8 Å². The molecule has 1 N–H and O–H groups in total. The zero-order chi connectivity index (χ0) is 19.7. The summed E-state index contributed by atoms with van der Waals surface area (Å²) in [5.74, 6) is 0.532. The highest BCUT2D eigenvalue weighted by Gasteiger charge is 2.29. The van der Waals surface area contributed by atoms with Crippen LogP contribution in [-0.4, -0.2) is 47.7 Å². The van der Waals surface area contributed by atoms with Gasteiger partial charge in [-0.25, -0.2) is 4.39 Å². The molecule has 1 fully saturated rings. The predicted molar refractivity (Wildman–Crippen MR) is 108 cm³/mol. The number of morpholine rings is 1. The van der Waals surface area contributed by atoms with E-state index in [0.29, 0.717) is 52.3 Å². The van der Waals surface area contributed by atoms with Crippen LogP contribution in [0.4, 0.5) is 9.39 Å². The van der Waals surface area contributed by atoms with Gasteiger partial charge in [-0.05, 0) is 12.1 Å². The van der Waals surface area contributed by atoms with E-state index in [-0.39, 0.29) is 0 Å². The van der Waals surface area contributed by atoms with Crippen molar-refractivity contribution >= 4 is 39.5 Å². The number of nitriles is 1. The van der Waals surface area contributed by atoms with Gasteiger partial charge in [-0.2, -0.15) is 5.26 Å². The van der Waals surface area contributed by atoms with Crippen molar-refractivity contribution in [2.75, 3.05) is 31.3 Å². The van der Waals surface area contributed by atoms with Crippen LogP contribution in [0, 0.1) is 11.3 Å². The minimum atomic E-state index is -0.575. The maximum atomic E-state index is 13.1. The highest BCUT2D eigenvalue weighted by molar-refractivity contribution is 7.20. The Morgan fingerprint density at radius 1 is 1.43 bits per heavy atom. The van der Waals surface area contributed by atoms with E-state index < -0.39 is 12.8 Å². The van der Waals surface area contributed by atoms with Crippen molar-refractivity contribution in [3.63, 3.8) is 0 Å². The molecule has 4 rings (SSSR count). The van der Waals surface area contributed by atoms with Gasteiger partial charge in [0.25, 0.3) is 0 Å². The van der Waals surface area contributed by atoms with Crippen LogP contribution in [0.5, 0.6) is 0 Å². The molecule has 1 atom stereocenters. The van der Waals surface area contributed by atoms with Crippen molar-refractivity contribution < 1.29 is 9.13 Å². The summed E-state index contributed by atoms with van der Waals surface area (Å²) in [5.41, 5.74) is 1.79. The summed E-state index contributed by atoms with van der Waals surface area (Å²) in [6, 6.07) is 7.43. The van der Waals surface area contributed by atoms with E-state index in [9.17, 15) is 9.65 Å². The van der Waals surface area contributed by atoms with E-state index in [0.717, 1.165) is 9.88 Å². The van der Waals surface area contributed by atoms with Gasteiger partial charge in [-0.3, -0.25) is 0 Å². The lowest BCUT2D eigenvalue weighted by Gasteiger charge is -2.32. The number of anilines is 1. The van der Waals surface area contributed by atoms with Crippen LogP contribution in [0.3, 0.4) is 0 Å². The van der Waals surface area contributed by atoms with Gasteiger partial charge in [-0.15, -0.1) is 21.5 Å². The predicted octanol–water partition coefficient (Wildman–Crippen LogP) is 4.55. The molecular formula is C18H14Cl2FN5OS. The standard InChI is InChI=1S/C18H14Cl2FN5OS/c19-10-1-2-12(14(20)5-10)15-13(7-22)18(26-3-4-27-11(6-21)8-26)28-16(15)17-23-9-24-25-17/h1-2,5,9,11H,3-4,6,8H2,(H,23,24,25)/t11-/m1/s1. The molecule has 10 heteroatoms. The second kappa shape index (κ2) is 8.05. The van der Waals surface area contributed by atoms with E-state index in [1.807, 2.05) is 4.90 Å². The Morgan fingerprint density at radius 3 is 2.96 bits per heavy atom. The number of H-pyrrole nitrogens is 1. The Balaban J connectivity index is 1.91. The Morgan fingerprint density at radius 2 is 2.29 bits per heavy atom. The number of alkyl halides is 1. The number of ether oxygens (including phenoxy) is 1. The highest BCUT2D eigenvalue weighted by atomic mass is 35.5. The summed E-state index contributed by atoms with van der Waals surface area (Å²) in [6.45, 7) is 0.755. The molecule has 1 aliphatic rings. The fraction of sp³-hybridized carbons (Fsp3) is 0.278. The molecule has 0 saturated carbocycles. The summed E-state index contributed by atoms with van der Waals surface area (Å²) in [4.78, 5) is 5.70. The minimum Gasteiger partial charge on any atom is -0.372 e. The van der Waals surface area contributed by atoms with Crippen molar-refractivity contribution in [3.05, 3.63) is 40.1 Å². The number of nitrogens with zero attached hydrogens (tertiary/aromatic N) is 4. The normalized spacial score (nSPS) is 16.9. The van der Waals surface area contributed by atoms with Crippen LogP contribution in [-0.2, 0) is 4.74 Å². The highest BCUT2D eigenvalue weighted by Crippen LogP contribution is 2.48. The lowest BCUT2D eigenvalue weighted by molar-refractivity contribution is 0.0249. The first kappa shape index (κ1) is 19.2. The van der Waals surface area contributed by atoms with E-state index in [1.165, 1.54) is 17.7 Å². The summed E-state index contributed by atoms with van der Waals surface area (Å²) in [6.07, 6.45) is 0.959. The first-order valence-electron chi connectivity index (χ1n) is 8.43. The number of halogens is 3. The Hall–Kier alpha value is -2.18. The third kappa shape index (κ3) is 3.47. The van der Waals surface area contributed by atoms with Gasteiger partial charge in [-0.1, -0.05) is 29.3 Å². The Kier molecular flexibility index (Phi) is 5.51. The van der Waals surface area contributed by atoms with Crippen molar-refractivity contribution in [1.29, 1.82) is 5.26 Å². The Bertz CT molecular complexity index is 1030. The quantitative estimate of drug-likeness (QED) is 0.647. The smallest absolute Gasteiger partial charge is 0.171 e. The number of hydrogen-bond acceptors (Lipinski definition) is 6. The van der Waals surface area contributed by atoms with Gasteiger partial charge in [0.2, 0.25) is 0 Å². The lowest BCUT2D eigenvalue weighted by atomic mass is 10.0. The minimum absolute atomic E-state index is 0.370. The SMILES string of the molecule is N#Cc1c(N2CCO[C@H](CF)C2)sc(-c2nnc[nH]2)c1-c1ccc(Cl)cc1Cl. The topological polar surface area (TPSA) is 77.8 Å². The monoisotopic (exact) mass is 437 g/mol. The zero-order valence-electron chi connectivity index (χ0n) is 14.5. The van der Waals surface area contributed by atoms with Gasteiger partial charge < -0.3 is 14.6 Å². The maximum Gasteiger partial charge on any atom is 0.171 e. The van der Waals surface area contributed by atoms with Gasteiger partial charge in [0.05, 0.1) is 17.0 Å². The number of aromatic amines is 1. The molecule has 28 heavy (non-hydrogen) atoms. The lowest BCUT2D eigenvalue weighted by Crippen LogP contribution is -2.43. The van der Waals surface area contributed by atoms with Gasteiger partial charge >= 0.3 is 0 Å². The van der Waals surface area contributed by atoms with Crippen LogP contribution >= 0.6 is 34.5 Å². The second-order valence-electron chi connectivity index (χ2n) is 6.15.